The van der Waals surface area contributed by atoms with E-state index in [1.807, 2.05) is 27.7 Å². The molecule has 5 nitrogen and oxygen atoms in total. The number of rotatable bonds is 4. The average molecular weight is 245 g/mol. The van der Waals surface area contributed by atoms with Crippen LogP contribution >= 0.6 is 0 Å². The van der Waals surface area contributed by atoms with E-state index in [1.165, 1.54) is 6.20 Å². The maximum absolute atomic E-state index is 11.8. The van der Waals surface area contributed by atoms with Crippen molar-refractivity contribution >= 4 is 10.0 Å². The molecule has 0 bridgehead atoms. The van der Waals surface area contributed by atoms with Crippen LogP contribution in [0.15, 0.2) is 11.2 Å². The van der Waals surface area contributed by atoms with Crippen molar-refractivity contribution < 1.29 is 8.42 Å². The first-order valence-corrected chi connectivity index (χ1v) is 6.76. The number of hydrogen-bond acceptors (Lipinski definition) is 3. The van der Waals surface area contributed by atoms with Gasteiger partial charge >= 0.3 is 0 Å². The third-order valence-corrected chi connectivity index (χ3v) is 3.33. The lowest BCUT2D eigenvalue weighted by atomic mass is 9.98. The average Bonchev–Trinajstić information content (AvgIpc) is 2.62. The van der Waals surface area contributed by atoms with Crippen molar-refractivity contribution in [3.05, 3.63) is 12.0 Å². The summed E-state index contributed by atoms with van der Waals surface area (Å²) in [5, 5.41) is 0.133. The summed E-state index contributed by atoms with van der Waals surface area (Å²) in [4.78, 5) is 6.75. The number of imidazole rings is 1. The number of nitrogens with zero attached hydrogens (tertiary/aromatic N) is 1. The molecule has 16 heavy (non-hydrogen) atoms. The molecule has 92 valence electrons. The summed E-state index contributed by atoms with van der Waals surface area (Å²) in [7, 11) is -3.45. The van der Waals surface area contributed by atoms with Crippen LogP contribution in [0.25, 0.3) is 0 Å². The van der Waals surface area contributed by atoms with E-state index in [9.17, 15) is 8.42 Å². The second kappa shape index (κ2) is 4.55. The van der Waals surface area contributed by atoms with Gasteiger partial charge in [0.1, 0.15) is 5.82 Å². The predicted molar refractivity (Wildman–Crippen MR) is 62.6 cm³/mol. The fraction of sp³-hybridized carbons (Fsp3) is 0.700. The van der Waals surface area contributed by atoms with Gasteiger partial charge in [-0.3, -0.25) is 0 Å². The zero-order chi connectivity index (χ0) is 12.4. The molecule has 1 rings (SSSR count). The molecule has 0 spiro atoms. The maximum atomic E-state index is 11.8. The van der Waals surface area contributed by atoms with Gasteiger partial charge in [0.15, 0.2) is 5.03 Å². The molecule has 0 aliphatic heterocycles. The van der Waals surface area contributed by atoms with E-state index in [0.717, 1.165) is 0 Å². The lowest BCUT2D eigenvalue weighted by Gasteiger charge is -2.18. The Balaban J connectivity index is 2.78. The smallest absolute Gasteiger partial charge is 0.257 e. The zero-order valence-corrected chi connectivity index (χ0v) is 11.0. The van der Waals surface area contributed by atoms with E-state index < -0.39 is 10.0 Å². The van der Waals surface area contributed by atoms with Crippen molar-refractivity contribution in [3.8, 4) is 0 Å². The first-order chi connectivity index (χ1) is 7.24. The van der Waals surface area contributed by atoms with Crippen molar-refractivity contribution in [2.45, 2.75) is 39.1 Å². The Kier molecular flexibility index (Phi) is 3.75. The SMILES string of the molecule is CCc1ncc(S(=O)(=O)NCC(C)(C)C)[nH]1. The highest BCUT2D eigenvalue weighted by atomic mass is 32.2. The number of aromatic nitrogens is 2. The molecule has 1 aromatic heterocycles. The lowest BCUT2D eigenvalue weighted by Crippen LogP contribution is -2.32. The Labute approximate surface area is 96.7 Å². The summed E-state index contributed by atoms with van der Waals surface area (Å²) >= 11 is 0. The highest BCUT2D eigenvalue weighted by Gasteiger charge is 2.20. The van der Waals surface area contributed by atoms with Crippen LogP contribution < -0.4 is 4.72 Å². The van der Waals surface area contributed by atoms with Crippen molar-refractivity contribution in [3.63, 3.8) is 0 Å². The molecule has 0 unspecified atom stereocenters. The summed E-state index contributed by atoms with van der Waals surface area (Å²) in [6.07, 6.45) is 2.04. The van der Waals surface area contributed by atoms with Crippen molar-refractivity contribution in [2.75, 3.05) is 6.54 Å². The minimum atomic E-state index is -3.45. The topological polar surface area (TPSA) is 74.8 Å². The minimum absolute atomic E-state index is 0.0827. The summed E-state index contributed by atoms with van der Waals surface area (Å²) in [6.45, 7) is 8.23. The van der Waals surface area contributed by atoms with Crippen LogP contribution in [-0.4, -0.2) is 24.9 Å². The standard InChI is InChI=1S/C10H19N3O2S/c1-5-8-11-6-9(13-8)16(14,15)12-7-10(2,3)4/h6,12H,5,7H2,1-4H3,(H,11,13). The van der Waals surface area contributed by atoms with Crippen LogP contribution in [0.1, 0.15) is 33.5 Å². The zero-order valence-electron chi connectivity index (χ0n) is 10.2. The second-order valence-corrected chi connectivity index (χ2v) is 6.67. The highest BCUT2D eigenvalue weighted by molar-refractivity contribution is 7.89. The van der Waals surface area contributed by atoms with Crippen LogP contribution in [0.4, 0.5) is 0 Å². The number of aryl methyl sites for hydroxylation is 1. The van der Waals surface area contributed by atoms with Gasteiger partial charge in [0.25, 0.3) is 10.0 Å². The molecule has 0 aliphatic rings. The van der Waals surface area contributed by atoms with E-state index >= 15 is 0 Å². The largest absolute Gasteiger partial charge is 0.332 e. The second-order valence-electron chi connectivity index (χ2n) is 4.93. The maximum Gasteiger partial charge on any atom is 0.257 e. The molecule has 6 heteroatoms. The molecule has 1 aromatic rings. The first-order valence-electron chi connectivity index (χ1n) is 5.28. The van der Waals surface area contributed by atoms with E-state index in [2.05, 4.69) is 14.7 Å². The monoisotopic (exact) mass is 245 g/mol. The molecule has 0 radical (unpaired) electrons. The number of H-pyrrole nitrogens is 1. The third kappa shape index (κ3) is 3.61. The summed E-state index contributed by atoms with van der Waals surface area (Å²) in [6, 6.07) is 0. The van der Waals surface area contributed by atoms with E-state index in [4.69, 9.17) is 0 Å². The normalized spacial score (nSPS) is 13.0. The van der Waals surface area contributed by atoms with Gasteiger partial charge in [-0.05, 0) is 5.41 Å². The molecule has 2 N–H and O–H groups in total. The van der Waals surface area contributed by atoms with E-state index in [1.54, 1.807) is 0 Å². The van der Waals surface area contributed by atoms with Gasteiger partial charge in [-0.1, -0.05) is 27.7 Å². The van der Waals surface area contributed by atoms with Crippen molar-refractivity contribution in [2.24, 2.45) is 5.41 Å². The van der Waals surface area contributed by atoms with Crippen LogP contribution in [0, 0.1) is 5.41 Å². The molecule has 0 fully saturated rings. The van der Waals surface area contributed by atoms with Gasteiger partial charge in [-0.2, -0.15) is 0 Å². The Morgan fingerprint density at radius 1 is 1.44 bits per heavy atom. The highest BCUT2D eigenvalue weighted by Crippen LogP contribution is 2.13. The van der Waals surface area contributed by atoms with Gasteiger partial charge in [-0.25, -0.2) is 18.1 Å². The summed E-state index contributed by atoms with van der Waals surface area (Å²) < 4.78 is 26.2. The Morgan fingerprint density at radius 2 is 2.06 bits per heavy atom. The van der Waals surface area contributed by atoms with Crippen molar-refractivity contribution in [1.82, 2.24) is 14.7 Å². The van der Waals surface area contributed by atoms with E-state index in [0.29, 0.717) is 18.8 Å². The molecule has 0 atom stereocenters. The fourth-order valence-corrected chi connectivity index (χ4v) is 2.27. The van der Waals surface area contributed by atoms with Gasteiger partial charge < -0.3 is 4.98 Å². The molecule has 1 heterocycles. The number of hydrogen-bond donors (Lipinski definition) is 2. The van der Waals surface area contributed by atoms with Crippen LogP contribution in [0.5, 0.6) is 0 Å². The fourth-order valence-electron chi connectivity index (χ4n) is 1.05. The Hall–Kier alpha value is -0.880. The van der Waals surface area contributed by atoms with E-state index in [-0.39, 0.29) is 10.4 Å². The van der Waals surface area contributed by atoms with Crippen LogP contribution in [0.2, 0.25) is 0 Å². The molecule has 0 amide bonds. The summed E-state index contributed by atoms with van der Waals surface area (Å²) in [5.74, 6) is 0.677. The quantitative estimate of drug-likeness (QED) is 0.839. The molecule has 0 aromatic carbocycles. The lowest BCUT2D eigenvalue weighted by molar-refractivity contribution is 0.407. The Morgan fingerprint density at radius 3 is 2.50 bits per heavy atom. The molecule has 0 aliphatic carbocycles. The van der Waals surface area contributed by atoms with Gasteiger partial charge in [0, 0.05) is 13.0 Å². The molecule has 0 saturated carbocycles. The molecular formula is C10H19N3O2S. The minimum Gasteiger partial charge on any atom is -0.332 e. The molecular weight excluding hydrogens is 226 g/mol. The number of nitrogens with one attached hydrogen (secondary N) is 2. The van der Waals surface area contributed by atoms with Gasteiger partial charge in [-0.15, -0.1) is 0 Å². The van der Waals surface area contributed by atoms with Crippen LogP contribution in [0.3, 0.4) is 0 Å². The molecule has 0 saturated heterocycles. The Bertz CT molecular complexity index is 443. The summed E-state index contributed by atoms with van der Waals surface area (Å²) in [5.41, 5.74) is -0.0827. The van der Waals surface area contributed by atoms with Crippen molar-refractivity contribution in [1.29, 1.82) is 0 Å². The number of sulfonamides is 1. The predicted octanol–water partition coefficient (Wildman–Crippen LogP) is 1.30. The van der Waals surface area contributed by atoms with Gasteiger partial charge in [0.2, 0.25) is 0 Å². The van der Waals surface area contributed by atoms with Crippen LogP contribution in [-0.2, 0) is 16.4 Å². The third-order valence-electron chi connectivity index (χ3n) is 2.02. The van der Waals surface area contributed by atoms with Gasteiger partial charge in [0.05, 0.1) is 6.20 Å². The first kappa shape index (κ1) is 13.2. The number of aromatic amines is 1.